The second kappa shape index (κ2) is 4.40. The topological polar surface area (TPSA) is 44.3 Å². The van der Waals surface area contributed by atoms with Crippen LogP contribution in [0.5, 0.6) is 0 Å². The standard InChI is InChI=1S/C10H20N2O/c13-7-10-5-8(2-4-12-10)9-1-3-11-6-9/h8-13H,1-7H2. The number of piperidine rings is 1. The Hall–Kier alpha value is -0.120. The third-order valence-electron chi connectivity index (χ3n) is 3.52. The molecule has 2 saturated heterocycles. The van der Waals surface area contributed by atoms with Crippen molar-refractivity contribution in [2.45, 2.75) is 25.3 Å². The molecule has 3 N–H and O–H groups in total. The Morgan fingerprint density at radius 3 is 2.69 bits per heavy atom. The lowest BCUT2D eigenvalue weighted by Crippen LogP contribution is -2.42. The van der Waals surface area contributed by atoms with E-state index in [0.717, 1.165) is 18.4 Å². The Kier molecular flexibility index (Phi) is 3.19. The first-order valence-corrected chi connectivity index (χ1v) is 5.45. The van der Waals surface area contributed by atoms with Crippen molar-refractivity contribution in [3.8, 4) is 0 Å². The Balaban J connectivity index is 1.84. The van der Waals surface area contributed by atoms with Gasteiger partial charge < -0.3 is 15.7 Å². The summed E-state index contributed by atoms with van der Waals surface area (Å²) < 4.78 is 0. The van der Waals surface area contributed by atoms with Crippen LogP contribution in [0.15, 0.2) is 0 Å². The summed E-state index contributed by atoms with van der Waals surface area (Å²) >= 11 is 0. The van der Waals surface area contributed by atoms with Crippen LogP contribution in [0.1, 0.15) is 19.3 Å². The van der Waals surface area contributed by atoms with Gasteiger partial charge in [-0.05, 0) is 50.7 Å². The van der Waals surface area contributed by atoms with Crippen molar-refractivity contribution in [3.05, 3.63) is 0 Å². The fourth-order valence-electron chi connectivity index (χ4n) is 2.69. The van der Waals surface area contributed by atoms with Gasteiger partial charge in [-0.25, -0.2) is 0 Å². The molecule has 2 aliphatic heterocycles. The van der Waals surface area contributed by atoms with Crippen molar-refractivity contribution in [2.24, 2.45) is 11.8 Å². The molecule has 0 radical (unpaired) electrons. The van der Waals surface area contributed by atoms with Gasteiger partial charge in [-0.1, -0.05) is 0 Å². The first kappa shape index (κ1) is 9.44. The number of aliphatic hydroxyl groups is 1. The first-order chi connectivity index (χ1) is 6.40. The predicted molar refractivity (Wildman–Crippen MR) is 52.6 cm³/mol. The maximum absolute atomic E-state index is 9.07. The lowest BCUT2D eigenvalue weighted by atomic mass is 9.81. The van der Waals surface area contributed by atoms with E-state index in [-0.39, 0.29) is 0 Å². The molecule has 0 aliphatic carbocycles. The summed E-state index contributed by atoms with van der Waals surface area (Å²) in [4.78, 5) is 0. The third-order valence-corrected chi connectivity index (χ3v) is 3.52. The molecule has 2 aliphatic rings. The van der Waals surface area contributed by atoms with Crippen LogP contribution in [0.4, 0.5) is 0 Å². The summed E-state index contributed by atoms with van der Waals surface area (Å²) in [5, 5.41) is 15.8. The van der Waals surface area contributed by atoms with Crippen LogP contribution in [-0.2, 0) is 0 Å². The van der Waals surface area contributed by atoms with E-state index < -0.39 is 0 Å². The summed E-state index contributed by atoms with van der Waals surface area (Å²) in [5.74, 6) is 1.71. The Labute approximate surface area is 79.9 Å². The normalized spacial score (nSPS) is 40.8. The van der Waals surface area contributed by atoms with E-state index in [1.165, 1.54) is 32.4 Å². The fourth-order valence-corrected chi connectivity index (χ4v) is 2.69. The summed E-state index contributed by atoms with van der Waals surface area (Å²) in [5.41, 5.74) is 0. The Morgan fingerprint density at radius 1 is 1.15 bits per heavy atom. The van der Waals surface area contributed by atoms with Gasteiger partial charge in [-0.2, -0.15) is 0 Å². The third kappa shape index (κ3) is 2.22. The molecule has 2 fully saturated rings. The molecule has 3 heteroatoms. The molecule has 3 atom stereocenters. The molecule has 0 aromatic rings. The minimum Gasteiger partial charge on any atom is -0.395 e. The minimum atomic E-state index is 0.302. The number of aliphatic hydroxyl groups excluding tert-OH is 1. The summed E-state index contributed by atoms with van der Waals surface area (Å²) in [7, 11) is 0. The molecule has 76 valence electrons. The molecule has 0 amide bonds. The van der Waals surface area contributed by atoms with Crippen molar-refractivity contribution in [2.75, 3.05) is 26.2 Å². The van der Waals surface area contributed by atoms with Crippen molar-refractivity contribution >= 4 is 0 Å². The Morgan fingerprint density at radius 2 is 2.00 bits per heavy atom. The zero-order valence-electron chi connectivity index (χ0n) is 8.13. The van der Waals surface area contributed by atoms with Crippen LogP contribution < -0.4 is 10.6 Å². The predicted octanol–water partition coefficient (Wildman–Crippen LogP) is -0.0436. The van der Waals surface area contributed by atoms with Crippen LogP contribution >= 0.6 is 0 Å². The second-order valence-electron chi connectivity index (χ2n) is 4.37. The maximum atomic E-state index is 9.07. The highest BCUT2D eigenvalue weighted by molar-refractivity contribution is 4.85. The van der Waals surface area contributed by atoms with Gasteiger partial charge >= 0.3 is 0 Å². The lowest BCUT2D eigenvalue weighted by Gasteiger charge is -2.32. The van der Waals surface area contributed by atoms with E-state index in [1.54, 1.807) is 0 Å². The van der Waals surface area contributed by atoms with Gasteiger partial charge in [0.25, 0.3) is 0 Å². The molecule has 0 bridgehead atoms. The zero-order valence-corrected chi connectivity index (χ0v) is 8.13. The smallest absolute Gasteiger partial charge is 0.0584 e. The number of hydrogen-bond acceptors (Lipinski definition) is 3. The highest BCUT2D eigenvalue weighted by atomic mass is 16.3. The van der Waals surface area contributed by atoms with Crippen LogP contribution in [0.3, 0.4) is 0 Å². The van der Waals surface area contributed by atoms with Gasteiger partial charge in [0.05, 0.1) is 6.61 Å². The molecule has 0 saturated carbocycles. The average molecular weight is 184 g/mol. The van der Waals surface area contributed by atoms with E-state index in [2.05, 4.69) is 10.6 Å². The molecule has 3 unspecified atom stereocenters. The molecule has 2 heterocycles. The van der Waals surface area contributed by atoms with Crippen molar-refractivity contribution in [1.82, 2.24) is 10.6 Å². The van der Waals surface area contributed by atoms with Gasteiger partial charge in [0, 0.05) is 6.04 Å². The summed E-state index contributed by atoms with van der Waals surface area (Å²) in [6.07, 6.45) is 3.80. The quantitative estimate of drug-likeness (QED) is 0.564. The van der Waals surface area contributed by atoms with Gasteiger partial charge in [-0.15, -0.1) is 0 Å². The van der Waals surface area contributed by atoms with Crippen LogP contribution in [0, 0.1) is 11.8 Å². The van der Waals surface area contributed by atoms with E-state index in [0.29, 0.717) is 12.6 Å². The molecule has 0 aromatic heterocycles. The van der Waals surface area contributed by atoms with Crippen LogP contribution in [0.25, 0.3) is 0 Å². The van der Waals surface area contributed by atoms with Crippen molar-refractivity contribution in [1.29, 1.82) is 0 Å². The molecule has 0 aromatic carbocycles. The molecule has 2 rings (SSSR count). The fraction of sp³-hybridized carbons (Fsp3) is 1.00. The van der Waals surface area contributed by atoms with Gasteiger partial charge in [0.15, 0.2) is 0 Å². The van der Waals surface area contributed by atoms with E-state index >= 15 is 0 Å². The number of hydrogen-bond donors (Lipinski definition) is 3. The summed E-state index contributed by atoms with van der Waals surface area (Å²) in [6, 6.07) is 0.361. The van der Waals surface area contributed by atoms with E-state index in [1.807, 2.05) is 0 Å². The molecular weight excluding hydrogens is 164 g/mol. The summed E-state index contributed by atoms with van der Waals surface area (Å²) in [6.45, 7) is 3.78. The van der Waals surface area contributed by atoms with E-state index in [9.17, 15) is 0 Å². The maximum Gasteiger partial charge on any atom is 0.0584 e. The van der Waals surface area contributed by atoms with Crippen molar-refractivity contribution < 1.29 is 5.11 Å². The van der Waals surface area contributed by atoms with Gasteiger partial charge in [0.1, 0.15) is 0 Å². The van der Waals surface area contributed by atoms with Gasteiger partial charge in [-0.3, -0.25) is 0 Å². The molecule has 0 spiro atoms. The largest absolute Gasteiger partial charge is 0.395 e. The first-order valence-electron chi connectivity index (χ1n) is 5.45. The second-order valence-corrected chi connectivity index (χ2v) is 4.37. The number of nitrogens with one attached hydrogen (secondary N) is 2. The minimum absolute atomic E-state index is 0.302. The SMILES string of the molecule is OCC1CC(C2CCNC2)CCN1. The van der Waals surface area contributed by atoms with Crippen LogP contribution in [-0.4, -0.2) is 37.4 Å². The van der Waals surface area contributed by atoms with Crippen LogP contribution in [0.2, 0.25) is 0 Å². The molecule has 3 nitrogen and oxygen atoms in total. The van der Waals surface area contributed by atoms with E-state index in [4.69, 9.17) is 5.11 Å². The highest BCUT2D eigenvalue weighted by Gasteiger charge is 2.29. The molecular formula is C10H20N2O. The lowest BCUT2D eigenvalue weighted by molar-refractivity contribution is 0.166. The Bertz CT molecular complexity index is 157. The monoisotopic (exact) mass is 184 g/mol. The zero-order chi connectivity index (χ0) is 9.10. The van der Waals surface area contributed by atoms with Gasteiger partial charge in [0.2, 0.25) is 0 Å². The number of rotatable bonds is 2. The highest BCUT2D eigenvalue weighted by Crippen LogP contribution is 2.28. The van der Waals surface area contributed by atoms with Crippen molar-refractivity contribution in [3.63, 3.8) is 0 Å². The molecule has 13 heavy (non-hydrogen) atoms. The average Bonchev–Trinajstić information content (AvgIpc) is 2.71.